The highest BCUT2D eigenvalue weighted by Crippen LogP contribution is 2.32. The number of rotatable bonds is 7. The Balaban J connectivity index is 2.13. The third-order valence-corrected chi connectivity index (χ3v) is 6.33. The zero-order valence-electron chi connectivity index (χ0n) is 16.3. The minimum absolute atomic E-state index is 0.0787. The summed E-state index contributed by atoms with van der Waals surface area (Å²) < 4.78 is 2.92. The Kier molecular flexibility index (Phi) is 6.50. The largest absolute Gasteiger partial charge is 0.302 e. The lowest BCUT2D eigenvalue weighted by atomic mass is 10.1. The molecule has 0 radical (unpaired) electrons. The van der Waals surface area contributed by atoms with Crippen LogP contribution in [0, 0.1) is 0 Å². The number of likely N-dealkylation sites (N-methyl/N-ethyl adjacent to an activating group) is 1. The van der Waals surface area contributed by atoms with Crippen molar-refractivity contribution in [3.8, 4) is 11.1 Å². The average molecular weight is 448 g/mol. The molecule has 0 saturated carbocycles. The summed E-state index contributed by atoms with van der Waals surface area (Å²) in [6.07, 6.45) is 0. The Bertz CT molecular complexity index is 971. The van der Waals surface area contributed by atoms with Gasteiger partial charge < -0.3 is 4.90 Å². The van der Waals surface area contributed by atoms with E-state index in [1.807, 2.05) is 28.8 Å². The van der Waals surface area contributed by atoms with Crippen molar-refractivity contribution in [2.45, 2.75) is 40.2 Å². The lowest BCUT2D eigenvalue weighted by molar-refractivity contribution is 0.286. The first-order chi connectivity index (χ1) is 13.0. The van der Waals surface area contributed by atoms with Crippen LogP contribution in [0.15, 0.2) is 38.9 Å². The third kappa shape index (κ3) is 4.18. The van der Waals surface area contributed by atoms with Crippen LogP contribution in [0.5, 0.6) is 0 Å². The van der Waals surface area contributed by atoms with Gasteiger partial charge >= 0.3 is 0 Å². The van der Waals surface area contributed by atoms with E-state index in [0.717, 1.165) is 51.3 Å². The number of aromatic nitrogens is 2. The summed E-state index contributed by atoms with van der Waals surface area (Å²) in [5, 5.41) is 2.80. The number of fused-ring (bicyclic) bond motifs is 1. The number of benzene rings is 1. The van der Waals surface area contributed by atoms with E-state index in [4.69, 9.17) is 4.98 Å². The molecule has 2 heterocycles. The first kappa shape index (κ1) is 20.2. The summed E-state index contributed by atoms with van der Waals surface area (Å²) in [5.41, 5.74) is 2.11. The molecule has 1 aromatic carbocycles. The van der Waals surface area contributed by atoms with Crippen LogP contribution in [0.1, 0.15) is 39.4 Å². The second-order valence-corrected chi connectivity index (χ2v) is 8.72. The molecule has 6 heteroatoms. The topological polar surface area (TPSA) is 38.1 Å². The predicted molar refractivity (Wildman–Crippen MR) is 119 cm³/mol. The van der Waals surface area contributed by atoms with Gasteiger partial charge in [0, 0.05) is 34.4 Å². The summed E-state index contributed by atoms with van der Waals surface area (Å²) in [6, 6.07) is 8.10. The Morgan fingerprint density at radius 3 is 2.44 bits per heavy atom. The Labute approximate surface area is 173 Å². The molecule has 3 rings (SSSR count). The van der Waals surface area contributed by atoms with Crippen LogP contribution in [0.4, 0.5) is 0 Å². The standard InChI is InChI=1S/C21H26BrN3OS/c1-5-24(6-2)11-12-25-19(14(3)4)23-20-18(21(25)26)17(13-27-20)15-7-9-16(22)10-8-15/h7-10,13-14H,5-6,11-12H2,1-4H3. The second-order valence-electron chi connectivity index (χ2n) is 6.94. The molecule has 0 atom stereocenters. The third-order valence-electron chi connectivity index (χ3n) is 4.93. The molecular formula is C21H26BrN3OS. The van der Waals surface area contributed by atoms with Gasteiger partial charge in [0.05, 0.1) is 5.39 Å². The van der Waals surface area contributed by atoms with Crippen molar-refractivity contribution in [1.82, 2.24) is 14.5 Å². The fourth-order valence-corrected chi connectivity index (χ4v) is 4.53. The maximum atomic E-state index is 13.5. The van der Waals surface area contributed by atoms with E-state index in [-0.39, 0.29) is 11.5 Å². The zero-order valence-corrected chi connectivity index (χ0v) is 18.7. The van der Waals surface area contributed by atoms with E-state index in [9.17, 15) is 4.79 Å². The van der Waals surface area contributed by atoms with Crippen LogP contribution < -0.4 is 5.56 Å². The normalized spacial score (nSPS) is 11.8. The smallest absolute Gasteiger partial charge is 0.262 e. The summed E-state index contributed by atoms with van der Waals surface area (Å²) >= 11 is 5.03. The summed E-state index contributed by atoms with van der Waals surface area (Å²) in [6.45, 7) is 12.0. The fraction of sp³-hybridized carbons (Fsp3) is 0.429. The molecule has 2 aromatic heterocycles. The monoisotopic (exact) mass is 447 g/mol. The number of nitrogens with zero attached hydrogens (tertiary/aromatic N) is 3. The predicted octanol–water partition coefficient (Wildman–Crippen LogP) is 5.35. The number of thiophene rings is 1. The maximum Gasteiger partial charge on any atom is 0.262 e. The van der Waals surface area contributed by atoms with Gasteiger partial charge in [0.1, 0.15) is 10.7 Å². The number of halogens is 1. The van der Waals surface area contributed by atoms with Crippen molar-refractivity contribution in [3.05, 3.63) is 50.3 Å². The maximum absolute atomic E-state index is 13.5. The Hall–Kier alpha value is -1.50. The van der Waals surface area contributed by atoms with E-state index < -0.39 is 0 Å². The SMILES string of the molecule is CCN(CC)CCn1c(C(C)C)nc2scc(-c3ccc(Br)cc3)c2c1=O. The number of hydrogen-bond acceptors (Lipinski definition) is 4. The molecule has 0 amide bonds. The van der Waals surface area contributed by atoms with Crippen molar-refractivity contribution >= 4 is 37.5 Å². The average Bonchev–Trinajstić information content (AvgIpc) is 3.08. The lowest BCUT2D eigenvalue weighted by Crippen LogP contribution is -2.33. The molecule has 0 aliphatic carbocycles. The minimum Gasteiger partial charge on any atom is -0.302 e. The highest BCUT2D eigenvalue weighted by atomic mass is 79.9. The van der Waals surface area contributed by atoms with Crippen molar-refractivity contribution in [1.29, 1.82) is 0 Å². The van der Waals surface area contributed by atoms with Crippen LogP contribution in [-0.4, -0.2) is 34.1 Å². The van der Waals surface area contributed by atoms with Crippen LogP contribution in [0.25, 0.3) is 21.3 Å². The number of hydrogen-bond donors (Lipinski definition) is 0. The van der Waals surface area contributed by atoms with E-state index in [1.54, 1.807) is 11.3 Å². The van der Waals surface area contributed by atoms with Crippen molar-refractivity contribution in [2.75, 3.05) is 19.6 Å². The van der Waals surface area contributed by atoms with Crippen molar-refractivity contribution in [3.63, 3.8) is 0 Å². The Morgan fingerprint density at radius 1 is 1.19 bits per heavy atom. The van der Waals surface area contributed by atoms with Gasteiger partial charge in [-0.2, -0.15) is 0 Å². The zero-order chi connectivity index (χ0) is 19.6. The summed E-state index contributed by atoms with van der Waals surface area (Å²) in [4.78, 5) is 21.5. The van der Waals surface area contributed by atoms with Gasteiger partial charge in [-0.3, -0.25) is 9.36 Å². The van der Waals surface area contributed by atoms with Crippen molar-refractivity contribution in [2.24, 2.45) is 0 Å². The van der Waals surface area contributed by atoms with Crippen LogP contribution in [0.2, 0.25) is 0 Å². The fourth-order valence-electron chi connectivity index (χ4n) is 3.32. The molecule has 0 unspecified atom stereocenters. The first-order valence-electron chi connectivity index (χ1n) is 9.46. The molecule has 144 valence electrons. The van der Waals surface area contributed by atoms with Crippen LogP contribution in [-0.2, 0) is 6.54 Å². The Morgan fingerprint density at radius 2 is 1.85 bits per heavy atom. The lowest BCUT2D eigenvalue weighted by Gasteiger charge is -2.21. The quantitative estimate of drug-likeness (QED) is 0.489. The summed E-state index contributed by atoms with van der Waals surface area (Å²) in [5.74, 6) is 1.08. The van der Waals surface area contributed by atoms with E-state index in [0.29, 0.717) is 6.54 Å². The van der Waals surface area contributed by atoms with Crippen molar-refractivity contribution < 1.29 is 0 Å². The molecule has 0 N–H and O–H groups in total. The molecule has 0 bridgehead atoms. The highest BCUT2D eigenvalue weighted by Gasteiger charge is 2.19. The van der Waals surface area contributed by atoms with Gasteiger partial charge in [-0.25, -0.2) is 4.98 Å². The molecule has 3 aromatic rings. The molecule has 4 nitrogen and oxygen atoms in total. The van der Waals surface area contributed by atoms with Gasteiger partial charge in [-0.15, -0.1) is 11.3 Å². The molecule has 27 heavy (non-hydrogen) atoms. The van der Waals surface area contributed by atoms with E-state index in [2.05, 4.69) is 53.9 Å². The molecule has 0 aliphatic rings. The molecule has 0 spiro atoms. The molecular weight excluding hydrogens is 422 g/mol. The van der Waals surface area contributed by atoms with Gasteiger partial charge in [0.25, 0.3) is 5.56 Å². The van der Waals surface area contributed by atoms with Gasteiger partial charge in [-0.1, -0.05) is 55.8 Å². The molecule has 0 aliphatic heterocycles. The highest BCUT2D eigenvalue weighted by molar-refractivity contribution is 9.10. The molecule has 0 saturated heterocycles. The minimum atomic E-state index is 0.0787. The summed E-state index contributed by atoms with van der Waals surface area (Å²) in [7, 11) is 0. The van der Waals surface area contributed by atoms with Gasteiger partial charge in [0.15, 0.2) is 0 Å². The van der Waals surface area contributed by atoms with Gasteiger partial charge in [-0.05, 0) is 30.8 Å². The van der Waals surface area contributed by atoms with Crippen LogP contribution >= 0.6 is 27.3 Å². The van der Waals surface area contributed by atoms with Gasteiger partial charge in [0.2, 0.25) is 0 Å². The van der Waals surface area contributed by atoms with Crippen LogP contribution in [0.3, 0.4) is 0 Å². The second kappa shape index (κ2) is 8.67. The molecule has 0 fully saturated rings. The van der Waals surface area contributed by atoms with E-state index >= 15 is 0 Å². The first-order valence-corrected chi connectivity index (χ1v) is 11.1. The van der Waals surface area contributed by atoms with E-state index in [1.165, 1.54) is 0 Å².